The summed E-state index contributed by atoms with van der Waals surface area (Å²) >= 11 is 3.24. The van der Waals surface area contributed by atoms with Crippen LogP contribution in [0.2, 0.25) is 0 Å². The Bertz CT molecular complexity index is 478. The maximum Gasteiger partial charge on any atom is 0.254 e. The molecule has 5 nitrogen and oxygen atoms in total. The third kappa shape index (κ3) is 2.53. The van der Waals surface area contributed by atoms with Crippen molar-refractivity contribution in [3.63, 3.8) is 0 Å². The van der Waals surface area contributed by atoms with Crippen LogP contribution in [-0.4, -0.2) is 41.3 Å². The molecule has 2 amide bonds. The maximum atomic E-state index is 12.3. The van der Waals surface area contributed by atoms with Crippen molar-refractivity contribution in [3.8, 4) is 0 Å². The van der Waals surface area contributed by atoms with Gasteiger partial charge in [-0.3, -0.25) is 9.59 Å². The summed E-state index contributed by atoms with van der Waals surface area (Å²) in [5.41, 5.74) is 0.549. The molecular formula is C12H14BrN3O2. The van der Waals surface area contributed by atoms with Gasteiger partial charge in [0.15, 0.2) is 0 Å². The van der Waals surface area contributed by atoms with Gasteiger partial charge in [0.05, 0.1) is 0 Å². The molecule has 0 aliphatic carbocycles. The third-order valence-electron chi connectivity index (χ3n) is 3.04. The van der Waals surface area contributed by atoms with Crippen molar-refractivity contribution in [1.82, 2.24) is 15.2 Å². The third-order valence-corrected chi connectivity index (χ3v) is 3.47. The minimum absolute atomic E-state index is 0.103. The van der Waals surface area contributed by atoms with E-state index in [1.54, 1.807) is 30.3 Å². The van der Waals surface area contributed by atoms with Crippen LogP contribution in [-0.2, 0) is 4.79 Å². The molecule has 0 bridgehead atoms. The Labute approximate surface area is 114 Å². The number of likely N-dealkylation sites (N-methyl/N-ethyl adjacent to an activating group) is 1. The van der Waals surface area contributed by atoms with Crippen molar-refractivity contribution in [2.24, 2.45) is 0 Å². The second-order valence-electron chi connectivity index (χ2n) is 4.14. The highest BCUT2D eigenvalue weighted by molar-refractivity contribution is 9.10. The summed E-state index contributed by atoms with van der Waals surface area (Å²) in [5, 5.41) is 2.60. The standard InChI is InChI=1S/C12H14BrN3O2/c1-14-11(17)9-3-2-6-16(9)12(18)8-4-5-15-10(13)7-8/h4-5,7,9H,2-3,6H2,1H3,(H,14,17). The van der Waals surface area contributed by atoms with Gasteiger partial charge in [0.25, 0.3) is 5.91 Å². The molecule has 1 unspecified atom stereocenters. The van der Waals surface area contributed by atoms with E-state index in [0.717, 1.165) is 12.8 Å². The van der Waals surface area contributed by atoms with Crippen LogP contribution < -0.4 is 5.32 Å². The number of nitrogens with zero attached hydrogens (tertiary/aromatic N) is 2. The SMILES string of the molecule is CNC(=O)C1CCCN1C(=O)c1ccnc(Br)c1. The van der Waals surface area contributed by atoms with E-state index in [-0.39, 0.29) is 17.9 Å². The number of amides is 2. The van der Waals surface area contributed by atoms with Gasteiger partial charge in [0.1, 0.15) is 10.6 Å². The highest BCUT2D eigenvalue weighted by atomic mass is 79.9. The van der Waals surface area contributed by atoms with Crippen molar-refractivity contribution in [2.45, 2.75) is 18.9 Å². The molecule has 6 heteroatoms. The second kappa shape index (κ2) is 5.48. The van der Waals surface area contributed by atoms with E-state index >= 15 is 0 Å². The highest BCUT2D eigenvalue weighted by Gasteiger charge is 2.33. The van der Waals surface area contributed by atoms with Crippen LogP contribution in [0.15, 0.2) is 22.9 Å². The van der Waals surface area contributed by atoms with E-state index in [4.69, 9.17) is 0 Å². The molecule has 1 saturated heterocycles. The molecule has 1 aromatic heterocycles. The Kier molecular flexibility index (Phi) is 3.96. The number of pyridine rings is 1. The molecule has 18 heavy (non-hydrogen) atoms. The first-order chi connectivity index (χ1) is 8.63. The smallest absolute Gasteiger partial charge is 0.254 e. The van der Waals surface area contributed by atoms with Crippen LogP contribution in [0, 0.1) is 0 Å². The van der Waals surface area contributed by atoms with Gasteiger partial charge in [-0.25, -0.2) is 4.98 Å². The molecule has 1 aliphatic rings. The van der Waals surface area contributed by atoms with E-state index in [1.165, 1.54) is 0 Å². The summed E-state index contributed by atoms with van der Waals surface area (Å²) in [6, 6.07) is 2.97. The number of aromatic nitrogens is 1. The lowest BCUT2D eigenvalue weighted by molar-refractivity contribution is -0.124. The minimum atomic E-state index is -0.352. The van der Waals surface area contributed by atoms with Gasteiger partial charge in [0.2, 0.25) is 5.91 Å². The minimum Gasteiger partial charge on any atom is -0.357 e. The Morgan fingerprint density at radius 1 is 1.56 bits per heavy atom. The molecule has 0 spiro atoms. The van der Waals surface area contributed by atoms with E-state index in [0.29, 0.717) is 16.7 Å². The summed E-state index contributed by atoms with van der Waals surface area (Å²) in [4.78, 5) is 29.6. The fraction of sp³-hybridized carbons (Fsp3) is 0.417. The zero-order valence-corrected chi connectivity index (χ0v) is 11.6. The molecule has 1 aliphatic heterocycles. The zero-order valence-electron chi connectivity index (χ0n) is 10.0. The van der Waals surface area contributed by atoms with Gasteiger partial charge in [-0.2, -0.15) is 0 Å². The molecule has 1 atom stereocenters. The predicted molar refractivity (Wildman–Crippen MR) is 70.1 cm³/mol. The normalized spacial score (nSPS) is 18.8. The van der Waals surface area contributed by atoms with Crippen LogP contribution in [0.4, 0.5) is 0 Å². The molecule has 96 valence electrons. The van der Waals surface area contributed by atoms with E-state index in [2.05, 4.69) is 26.2 Å². The number of rotatable bonds is 2. The number of carbonyl (C=O) groups is 2. The lowest BCUT2D eigenvalue weighted by Crippen LogP contribution is -2.44. The molecule has 2 heterocycles. The summed E-state index contributed by atoms with van der Waals surface area (Å²) in [6.45, 7) is 0.622. The maximum absolute atomic E-state index is 12.3. The van der Waals surface area contributed by atoms with E-state index < -0.39 is 0 Å². The Morgan fingerprint density at radius 3 is 3.00 bits per heavy atom. The predicted octanol–water partition coefficient (Wildman–Crippen LogP) is 1.19. The Balaban J connectivity index is 2.20. The van der Waals surface area contributed by atoms with Gasteiger partial charge in [0, 0.05) is 25.4 Å². The van der Waals surface area contributed by atoms with Gasteiger partial charge in [-0.1, -0.05) is 0 Å². The van der Waals surface area contributed by atoms with Crippen LogP contribution in [0.1, 0.15) is 23.2 Å². The molecule has 1 fully saturated rings. The number of hydrogen-bond donors (Lipinski definition) is 1. The van der Waals surface area contributed by atoms with E-state index in [9.17, 15) is 9.59 Å². The average Bonchev–Trinajstić information content (AvgIpc) is 2.86. The summed E-state index contributed by atoms with van der Waals surface area (Å²) in [7, 11) is 1.59. The summed E-state index contributed by atoms with van der Waals surface area (Å²) in [6.07, 6.45) is 3.15. The quantitative estimate of drug-likeness (QED) is 0.835. The molecule has 0 radical (unpaired) electrons. The molecule has 2 rings (SSSR count). The zero-order chi connectivity index (χ0) is 13.1. The van der Waals surface area contributed by atoms with Gasteiger partial charge in [-0.05, 0) is 40.9 Å². The van der Waals surface area contributed by atoms with Crippen LogP contribution in [0.3, 0.4) is 0 Å². The van der Waals surface area contributed by atoms with Crippen molar-refractivity contribution in [1.29, 1.82) is 0 Å². The first kappa shape index (κ1) is 13.0. The fourth-order valence-electron chi connectivity index (χ4n) is 2.15. The van der Waals surface area contributed by atoms with E-state index in [1.807, 2.05) is 0 Å². The average molecular weight is 312 g/mol. The Morgan fingerprint density at radius 2 is 2.33 bits per heavy atom. The van der Waals surface area contributed by atoms with Crippen LogP contribution >= 0.6 is 15.9 Å². The molecular weight excluding hydrogens is 298 g/mol. The number of halogens is 1. The topological polar surface area (TPSA) is 62.3 Å². The molecule has 1 N–H and O–H groups in total. The molecule has 0 aromatic carbocycles. The Hall–Kier alpha value is -1.43. The number of nitrogens with one attached hydrogen (secondary N) is 1. The lowest BCUT2D eigenvalue weighted by Gasteiger charge is -2.23. The number of likely N-dealkylation sites (tertiary alicyclic amines) is 1. The number of hydrogen-bond acceptors (Lipinski definition) is 3. The second-order valence-corrected chi connectivity index (χ2v) is 4.95. The first-order valence-electron chi connectivity index (χ1n) is 5.77. The summed E-state index contributed by atoms with van der Waals surface area (Å²) in [5.74, 6) is -0.224. The van der Waals surface area contributed by atoms with Crippen molar-refractivity contribution >= 4 is 27.7 Å². The monoisotopic (exact) mass is 311 g/mol. The highest BCUT2D eigenvalue weighted by Crippen LogP contribution is 2.21. The van der Waals surface area contributed by atoms with Gasteiger partial charge in [-0.15, -0.1) is 0 Å². The van der Waals surface area contributed by atoms with Crippen molar-refractivity contribution < 1.29 is 9.59 Å². The largest absolute Gasteiger partial charge is 0.357 e. The van der Waals surface area contributed by atoms with Crippen molar-refractivity contribution in [2.75, 3.05) is 13.6 Å². The van der Waals surface area contributed by atoms with Crippen LogP contribution in [0.25, 0.3) is 0 Å². The number of carbonyl (C=O) groups excluding carboxylic acids is 2. The first-order valence-corrected chi connectivity index (χ1v) is 6.57. The lowest BCUT2D eigenvalue weighted by atomic mass is 10.2. The summed E-state index contributed by atoms with van der Waals surface area (Å²) < 4.78 is 0.615. The molecule has 0 saturated carbocycles. The van der Waals surface area contributed by atoms with Crippen molar-refractivity contribution in [3.05, 3.63) is 28.5 Å². The fourth-order valence-corrected chi connectivity index (χ4v) is 2.52. The van der Waals surface area contributed by atoms with Gasteiger partial charge >= 0.3 is 0 Å². The van der Waals surface area contributed by atoms with Gasteiger partial charge < -0.3 is 10.2 Å². The molecule has 1 aromatic rings. The van der Waals surface area contributed by atoms with Crippen LogP contribution in [0.5, 0.6) is 0 Å².